The van der Waals surface area contributed by atoms with Gasteiger partial charge in [-0.15, -0.1) is 0 Å². The summed E-state index contributed by atoms with van der Waals surface area (Å²) in [5, 5.41) is 0. The summed E-state index contributed by atoms with van der Waals surface area (Å²) in [4.78, 5) is 12.5. The molecule has 0 bridgehead atoms. The first-order chi connectivity index (χ1) is 9.93. The second kappa shape index (κ2) is 6.20. The number of nitrogens with two attached hydrogens (primary N) is 1. The highest BCUT2D eigenvalue weighted by Crippen LogP contribution is 2.15. The van der Waals surface area contributed by atoms with Gasteiger partial charge in [0.25, 0.3) is 5.56 Å². The Bertz CT molecular complexity index is 680. The average Bonchev–Trinajstić information content (AvgIpc) is 2.63. The third-order valence-corrected chi connectivity index (χ3v) is 3.69. The lowest BCUT2D eigenvalue weighted by molar-refractivity contribution is 0.460. The Morgan fingerprint density at radius 3 is 2.52 bits per heavy atom. The van der Waals surface area contributed by atoms with Gasteiger partial charge in [0, 0.05) is 6.54 Å². The monoisotopic (exact) mass is 287 g/mol. The van der Waals surface area contributed by atoms with Crippen molar-refractivity contribution in [3.8, 4) is 0 Å². The lowest BCUT2D eigenvalue weighted by Crippen LogP contribution is -2.24. The van der Waals surface area contributed by atoms with E-state index >= 15 is 0 Å². The molecule has 21 heavy (non-hydrogen) atoms. The summed E-state index contributed by atoms with van der Waals surface area (Å²) in [6.07, 6.45) is 0.829. The van der Waals surface area contributed by atoms with Crippen LogP contribution in [0.4, 0.5) is 5.69 Å². The standard InChI is InChI=1S/C17H25N3O/c1-5-19-15(9-12(2)3)16(18)17(21)20(19)11-14-8-6-7-13(4)10-14/h6-8,10,12H,5,9,11,18H2,1-4H3. The maximum Gasteiger partial charge on any atom is 0.290 e. The fourth-order valence-corrected chi connectivity index (χ4v) is 2.76. The molecule has 0 aliphatic heterocycles. The first-order valence-corrected chi connectivity index (χ1v) is 7.57. The van der Waals surface area contributed by atoms with Crippen molar-refractivity contribution < 1.29 is 0 Å². The summed E-state index contributed by atoms with van der Waals surface area (Å²) < 4.78 is 3.79. The van der Waals surface area contributed by atoms with E-state index in [2.05, 4.69) is 39.8 Å². The maximum atomic E-state index is 12.5. The number of benzene rings is 1. The van der Waals surface area contributed by atoms with Crippen molar-refractivity contribution in [1.82, 2.24) is 9.36 Å². The van der Waals surface area contributed by atoms with Crippen molar-refractivity contribution in [3.63, 3.8) is 0 Å². The number of nitrogens with zero attached hydrogens (tertiary/aromatic N) is 2. The van der Waals surface area contributed by atoms with Crippen LogP contribution in [0.25, 0.3) is 0 Å². The predicted octanol–water partition coefficient (Wildman–Crippen LogP) is 2.81. The van der Waals surface area contributed by atoms with Crippen molar-refractivity contribution in [1.29, 1.82) is 0 Å². The average molecular weight is 287 g/mol. The van der Waals surface area contributed by atoms with Crippen molar-refractivity contribution in [3.05, 3.63) is 51.4 Å². The largest absolute Gasteiger partial charge is 0.393 e. The van der Waals surface area contributed by atoms with E-state index in [1.807, 2.05) is 16.8 Å². The molecule has 4 nitrogen and oxygen atoms in total. The van der Waals surface area contributed by atoms with Crippen molar-refractivity contribution in [2.75, 3.05) is 5.73 Å². The second-order valence-corrected chi connectivity index (χ2v) is 6.03. The highest BCUT2D eigenvalue weighted by molar-refractivity contribution is 5.42. The van der Waals surface area contributed by atoms with Crippen LogP contribution in [0.2, 0.25) is 0 Å². The molecule has 2 N–H and O–H groups in total. The number of aryl methyl sites for hydroxylation is 1. The first-order valence-electron chi connectivity index (χ1n) is 7.57. The number of rotatable bonds is 5. The lowest BCUT2D eigenvalue weighted by atomic mass is 10.1. The van der Waals surface area contributed by atoms with E-state index in [1.54, 1.807) is 4.68 Å². The Labute approximate surface area is 126 Å². The zero-order valence-corrected chi connectivity index (χ0v) is 13.4. The molecule has 4 heteroatoms. The van der Waals surface area contributed by atoms with Gasteiger partial charge in [-0.1, -0.05) is 43.7 Å². The van der Waals surface area contributed by atoms with E-state index in [1.165, 1.54) is 5.56 Å². The van der Waals surface area contributed by atoms with Gasteiger partial charge in [0.15, 0.2) is 0 Å². The Hall–Kier alpha value is -1.97. The summed E-state index contributed by atoms with van der Waals surface area (Å²) in [7, 11) is 0. The molecule has 0 unspecified atom stereocenters. The Morgan fingerprint density at radius 1 is 1.24 bits per heavy atom. The molecule has 0 spiro atoms. The summed E-state index contributed by atoms with van der Waals surface area (Å²) in [6.45, 7) is 9.71. The maximum absolute atomic E-state index is 12.5. The Kier molecular flexibility index (Phi) is 4.56. The zero-order valence-electron chi connectivity index (χ0n) is 13.4. The molecular weight excluding hydrogens is 262 g/mol. The van der Waals surface area contributed by atoms with Gasteiger partial charge in [-0.2, -0.15) is 0 Å². The van der Waals surface area contributed by atoms with Crippen molar-refractivity contribution in [2.24, 2.45) is 5.92 Å². The van der Waals surface area contributed by atoms with E-state index in [9.17, 15) is 4.79 Å². The van der Waals surface area contributed by atoms with E-state index in [0.29, 0.717) is 18.2 Å². The molecule has 2 rings (SSSR count). The fraction of sp³-hybridized carbons (Fsp3) is 0.471. The molecule has 1 aromatic carbocycles. The minimum Gasteiger partial charge on any atom is -0.393 e. The van der Waals surface area contributed by atoms with Crippen LogP contribution in [0.15, 0.2) is 29.1 Å². The van der Waals surface area contributed by atoms with Crippen LogP contribution in [0.5, 0.6) is 0 Å². The number of hydrogen-bond donors (Lipinski definition) is 1. The molecule has 0 atom stereocenters. The topological polar surface area (TPSA) is 52.9 Å². The smallest absolute Gasteiger partial charge is 0.290 e. The molecule has 1 aromatic heterocycles. The van der Waals surface area contributed by atoms with Gasteiger partial charge in [-0.05, 0) is 31.7 Å². The third kappa shape index (κ3) is 3.20. The lowest BCUT2D eigenvalue weighted by Gasteiger charge is -2.14. The summed E-state index contributed by atoms with van der Waals surface area (Å²) in [5.74, 6) is 0.472. The molecule has 0 aliphatic carbocycles. The number of anilines is 1. The molecule has 0 radical (unpaired) electrons. The minimum absolute atomic E-state index is 0.0750. The van der Waals surface area contributed by atoms with Gasteiger partial charge in [-0.25, -0.2) is 4.68 Å². The SMILES string of the molecule is CCn1c(CC(C)C)c(N)c(=O)n1Cc1cccc(C)c1. The van der Waals surface area contributed by atoms with E-state index < -0.39 is 0 Å². The van der Waals surface area contributed by atoms with Crippen LogP contribution in [0.3, 0.4) is 0 Å². The molecule has 0 amide bonds. The van der Waals surface area contributed by atoms with Crippen LogP contribution in [0, 0.1) is 12.8 Å². The molecule has 0 aliphatic rings. The van der Waals surface area contributed by atoms with Crippen LogP contribution in [0.1, 0.15) is 37.6 Å². The van der Waals surface area contributed by atoms with Gasteiger partial charge < -0.3 is 5.73 Å². The second-order valence-electron chi connectivity index (χ2n) is 6.03. The van der Waals surface area contributed by atoms with Crippen LogP contribution in [-0.2, 0) is 19.5 Å². The molecule has 2 aromatic rings. The molecule has 1 heterocycles. The Balaban J connectivity index is 2.46. The molecule has 0 fully saturated rings. The highest BCUT2D eigenvalue weighted by atomic mass is 16.1. The number of nitrogen functional groups attached to an aromatic ring is 1. The molecular formula is C17H25N3O. The van der Waals surface area contributed by atoms with Gasteiger partial charge in [0.2, 0.25) is 0 Å². The van der Waals surface area contributed by atoms with Gasteiger partial charge in [0.1, 0.15) is 5.69 Å². The number of hydrogen-bond acceptors (Lipinski definition) is 2. The predicted molar refractivity (Wildman–Crippen MR) is 87.6 cm³/mol. The van der Waals surface area contributed by atoms with Crippen LogP contribution >= 0.6 is 0 Å². The first kappa shape index (κ1) is 15.4. The van der Waals surface area contributed by atoms with Gasteiger partial charge in [0.05, 0.1) is 12.2 Å². The minimum atomic E-state index is -0.0750. The molecule has 0 saturated heterocycles. The number of aromatic nitrogens is 2. The van der Waals surface area contributed by atoms with E-state index in [-0.39, 0.29) is 5.56 Å². The van der Waals surface area contributed by atoms with E-state index in [0.717, 1.165) is 24.2 Å². The molecule has 114 valence electrons. The summed E-state index contributed by atoms with van der Waals surface area (Å²) >= 11 is 0. The summed E-state index contributed by atoms with van der Waals surface area (Å²) in [5.41, 5.74) is 9.67. The Morgan fingerprint density at radius 2 is 1.95 bits per heavy atom. The van der Waals surface area contributed by atoms with Crippen molar-refractivity contribution in [2.45, 2.75) is 47.2 Å². The highest BCUT2D eigenvalue weighted by Gasteiger charge is 2.17. The summed E-state index contributed by atoms with van der Waals surface area (Å²) in [6, 6.07) is 8.24. The van der Waals surface area contributed by atoms with Gasteiger partial charge >= 0.3 is 0 Å². The fourth-order valence-electron chi connectivity index (χ4n) is 2.76. The van der Waals surface area contributed by atoms with Crippen LogP contribution in [-0.4, -0.2) is 9.36 Å². The van der Waals surface area contributed by atoms with Gasteiger partial charge in [-0.3, -0.25) is 9.48 Å². The van der Waals surface area contributed by atoms with E-state index in [4.69, 9.17) is 5.73 Å². The van der Waals surface area contributed by atoms with Crippen molar-refractivity contribution >= 4 is 5.69 Å². The normalized spacial score (nSPS) is 11.3. The molecule has 0 saturated carbocycles. The third-order valence-electron chi connectivity index (χ3n) is 3.69. The quantitative estimate of drug-likeness (QED) is 0.919. The zero-order chi connectivity index (χ0) is 15.6. The van der Waals surface area contributed by atoms with Crippen LogP contribution < -0.4 is 11.3 Å².